The van der Waals surface area contributed by atoms with Crippen molar-refractivity contribution in [1.82, 2.24) is 4.31 Å². The van der Waals surface area contributed by atoms with Crippen molar-refractivity contribution in [3.05, 3.63) is 28.0 Å². The second-order valence-corrected chi connectivity index (χ2v) is 7.94. The molecule has 116 valence electrons. The van der Waals surface area contributed by atoms with Gasteiger partial charge in [-0.05, 0) is 25.0 Å². The van der Waals surface area contributed by atoms with E-state index in [1.165, 1.54) is 16.4 Å². The first-order chi connectivity index (χ1) is 9.75. The highest BCUT2D eigenvalue weighted by atomic mass is 35.5. The summed E-state index contributed by atoms with van der Waals surface area (Å²) in [5, 5.41) is -0.724. The highest BCUT2D eigenvalue weighted by Gasteiger charge is 2.33. The molecule has 0 saturated carbocycles. The fraction of sp³-hybridized carbons (Fsp3) is 0.417. The number of hydrogen-bond acceptors (Lipinski definition) is 3. The first-order valence-electron chi connectivity index (χ1n) is 6.18. The van der Waals surface area contributed by atoms with Crippen molar-refractivity contribution in [2.75, 3.05) is 13.1 Å². The lowest BCUT2D eigenvalue weighted by atomic mass is 10.0. The molecule has 1 heterocycles. The van der Waals surface area contributed by atoms with Crippen LogP contribution in [0.25, 0.3) is 0 Å². The maximum absolute atomic E-state index is 13.7. The molecule has 2 N–H and O–H groups in total. The first kappa shape index (κ1) is 16.9. The third kappa shape index (κ3) is 3.32. The molecule has 9 heteroatoms. The van der Waals surface area contributed by atoms with Crippen molar-refractivity contribution in [3.8, 4) is 0 Å². The predicted octanol–water partition coefficient (Wildman–Crippen LogP) is 2.82. The maximum atomic E-state index is 13.7. The molecule has 1 unspecified atom stereocenters. The van der Waals surface area contributed by atoms with E-state index in [9.17, 15) is 12.8 Å². The Labute approximate surface area is 138 Å². The number of benzene rings is 1. The van der Waals surface area contributed by atoms with Crippen LogP contribution in [0.5, 0.6) is 0 Å². The van der Waals surface area contributed by atoms with Gasteiger partial charge >= 0.3 is 0 Å². The highest BCUT2D eigenvalue weighted by Crippen LogP contribution is 2.32. The van der Waals surface area contributed by atoms with E-state index in [-0.39, 0.29) is 27.4 Å². The zero-order valence-electron chi connectivity index (χ0n) is 10.9. The average Bonchev–Trinajstić information content (AvgIpc) is 2.44. The van der Waals surface area contributed by atoms with Gasteiger partial charge in [-0.25, -0.2) is 12.8 Å². The number of hydrogen-bond donors (Lipinski definition) is 1. The average molecular weight is 371 g/mol. The minimum Gasteiger partial charge on any atom is -0.393 e. The Hall–Kier alpha value is -0.470. The van der Waals surface area contributed by atoms with Crippen LogP contribution < -0.4 is 5.73 Å². The molecule has 1 aromatic rings. The third-order valence-corrected chi connectivity index (χ3v) is 6.42. The SMILES string of the molecule is NC(=S)C1CCCN(S(=O)(=O)c2ccc(Cl)c(F)c2Cl)C1. The van der Waals surface area contributed by atoms with Gasteiger partial charge in [0.05, 0.1) is 15.0 Å². The minimum absolute atomic E-state index is 0.179. The molecular formula is C12H13Cl2FN2O2S2. The summed E-state index contributed by atoms with van der Waals surface area (Å²) in [5.74, 6) is -1.12. The summed E-state index contributed by atoms with van der Waals surface area (Å²) in [6.45, 7) is 0.500. The van der Waals surface area contributed by atoms with Gasteiger partial charge in [-0.2, -0.15) is 4.31 Å². The number of nitrogens with two attached hydrogens (primary N) is 1. The van der Waals surface area contributed by atoms with E-state index in [2.05, 4.69) is 0 Å². The standard InChI is InChI=1S/C12H13Cl2FN2O2S2/c13-8-3-4-9(10(14)11(8)15)21(18,19)17-5-1-2-7(6-17)12(16)20/h3-4,7H,1-2,5-6H2,(H2,16,20). The van der Waals surface area contributed by atoms with E-state index in [0.717, 1.165) is 6.42 Å². The molecule has 0 aromatic heterocycles. The van der Waals surface area contributed by atoms with Crippen molar-refractivity contribution < 1.29 is 12.8 Å². The van der Waals surface area contributed by atoms with Gasteiger partial charge in [0.1, 0.15) is 4.90 Å². The number of halogens is 3. The molecule has 0 radical (unpaired) electrons. The second-order valence-electron chi connectivity index (χ2n) is 4.78. The van der Waals surface area contributed by atoms with Gasteiger partial charge in [0, 0.05) is 19.0 Å². The van der Waals surface area contributed by atoms with Gasteiger partial charge in [0.2, 0.25) is 10.0 Å². The Bertz CT molecular complexity index is 682. The zero-order chi connectivity index (χ0) is 15.8. The van der Waals surface area contributed by atoms with Crippen molar-refractivity contribution in [2.45, 2.75) is 17.7 Å². The molecule has 1 aromatic carbocycles. The van der Waals surface area contributed by atoms with Gasteiger partial charge in [0.25, 0.3) is 0 Å². The summed E-state index contributed by atoms with van der Waals surface area (Å²) >= 11 is 16.3. The fourth-order valence-electron chi connectivity index (χ4n) is 2.24. The molecule has 1 fully saturated rings. The van der Waals surface area contributed by atoms with Crippen LogP contribution in [-0.2, 0) is 10.0 Å². The Kier molecular flexibility index (Phi) is 5.10. The van der Waals surface area contributed by atoms with Crippen molar-refractivity contribution in [1.29, 1.82) is 0 Å². The maximum Gasteiger partial charge on any atom is 0.244 e. The van der Waals surface area contributed by atoms with Crippen molar-refractivity contribution >= 4 is 50.4 Å². The number of sulfonamides is 1. The molecule has 0 amide bonds. The van der Waals surface area contributed by atoms with Crippen LogP contribution in [0.3, 0.4) is 0 Å². The molecular weight excluding hydrogens is 358 g/mol. The van der Waals surface area contributed by atoms with E-state index >= 15 is 0 Å². The minimum atomic E-state index is -3.91. The van der Waals surface area contributed by atoms with E-state index in [1.54, 1.807) is 0 Å². The van der Waals surface area contributed by atoms with Gasteiger partial charge in [-0.15, -0.1) is 0 Å². The van der Waals surface area contributed by atoms with Gasteiger partial charge in [-0.3, -0.25) is 0 Å². The van der Waals surface area contributed by atoms with Gasteiger partial charge < -0.3 is 5.73 Å². The molecule has 1 aliphatic rings. The Morgan fingerprint density at radius 3 is 2.71 bits per heavy atom. The summed E-state index contributed by atoms with van der Waals surface area (Å²) in [6, 6.07) is 2.37. The van der Waals surface area contributed by atoms with E-state index in [0.29, 0.717) is 13.0 Å². The lowest BCUT2D eigenvalue weighted by Gasteiger charge is -2.31. The molecule has 21 heavy (non-hydrogen) atoms. The summed E-state index contributed by atoms with van der Waals surface area (Å²) in [5.41, 5.74) is 5.59. The first-order valence-corrected chi connectivity index (χ1v) is 8.78. The molecule has 0 aliphatic carbocycles. The Morgan fingerprint density at radius 1 is 1.43 bits per heavy atom. The number of piperidine rings is 1. The van der Waals surface area contributed by atoms with Crippen LogP contribution in [0.2, 0.25) is 10.0 Å². The largest absolute Gasteiger partial charge is 0.393 e. The van der Waals surface area contributed by atoms with E-state index in [4.69, 9.17) is 41.2 Å². The lowest BCUT2D eigenvalue weighted by Crippen LogP contribution is -2.43. The smallest absolute Gasteiger partial charge is 0.244 e. The van der Waals surface area contributed by atoms with Crippen LogP contribution in [0.1, 0.15) is 12.8 Å². The fourth-order valence-corrected chi connectivity index (χ4v) is 4.67. The molecule has 1 aliphatic heterocycles. The summed E-state index contributed by atoms with van der Waals surface area (Å²) < 4.78 is 40.1. The number of rotatable bonds is 3. The van der Waals surface area contributed by atoms with Crippen LogP contribution in [0.15, 0.2) is 17.0 Å². The topological polar surface area (TPSA) is 63.4 Å². The van der Waals surface area contributed by atoms with Gasteiger partial charge in [0.15, 0.2) is 5.82 Å². The molecule has 2 rings (SSSR count). The normalized spacial score (nSPS) is 20.4. The molecule has 4 nitrogen and oxygen atoms in total. The lowest BCUT2D eigenvalue weighted by molar-refractivity contribution is 0.312. The number of nitrogens with zero attached hydrogens (tertiary/aromatic N) is 1. The third-order valence-electron chi connectivity index (χ3n) is 3.40. The second kappa shape index (κ2) is 6.34. The van der Waals surface area contributed by atoms with Gasteiger partial charge in [-0.1, -0.05) is 35.4 Å². The molecule has 0 bridgehead atoms. The zero-order valence-corrected chi connectivity index (χ0v) is 14.0. The summed E-state index contributed by atoms with van der Waals surface area (Å²) in [4.78, 5) is -0.0158. The van der Waals surface area contributed by atoms with E-state index in [1.807, 2.05) is 0 Å². The van der Waals surface area contributed by atoms with Crippen LogP contribution in [0, 0.1) is 11.7 Å². The number of thiocarbonyl (C=S) groups is 1. The summed E-state index contributed by atoms with van der Waals surface area (Å²) in [6.07, 6.45) is 1.37. The van der Waals surface area contributed by atoms with E-state index < -0.39 is 20.9 Å². The molecule has 1 saturated heterocycles. The van der Waals surface area contributed by atoms with Crippen molar-refractivity contribution in [2.24, 2.45) is 11.7 Å². The van der Waals surface area contributed by atoms with Crippen LogP contribution in [-0.4, -0.2) is 30.8 Å². The summed E-state index contributed by atoms with van der Waals surface area (Å²) in [7, 11) is -3.91. The quantitative estimate of drug-likeness (QED) is 0.656. The van der Waals surface area contributed by atoms with Crippen LogP contribution in [0.4, 0.5) is 4.39 Å². The Morgan fingerprint density at radius 2 is 2.10 bits per heavy atom. The molecule has 0 spiro atoms. The van der Waals surface area contributed by atoms with Crippen molar-refractivity contribution in [3.63, 3.8) is 0 Å². The van der Waals surface area contributed by atoms with Crippen LogP contribution >= 0.6 is 35.4 Å². The highest BCUT2D eigenvalue weighted by molar-refractivity contribution is 7.89. The monoisotopic (exact) mass is 370 g/mol. The molecule has 1 atom stereocenters. The predicted molar refractivity (Wildman–Crippen MR) is 84.7 cm³/mol. The Balaban J connectivity index is 2.38.